The van der Waals surface area contributed by atoms with E-state index in [1.807, 2.05) is 0 Å². The van der Waals surface area contributed by atoms with Gasteiger partial charge in [0.1, 0.15) is 13.2 Å². The van der Waals surface area contributed by atoms with E-state index in [4.69, 9.17) is 14.2 Å². The molecule has 0 aliphatic heterocycles. The molecule has 0 radical (unpaired) electrons. The maximum atomic E-state index is 12.8. The number of carbonyl (C=O) groups is 3. The molecule has 0 saturated carbocycles. The summed E-state index contributed by atoms with van der Waals surface area (Å²) in [5.41, 5.74) is 0. The first-order valence-electron chi connectivity index (χ1n) is 29.4. The molecule has 0 heterocycles. The lowest BCUT2D eigenvalue weighted by Gasteiger charge is -2.18. The van der Waals surface area contributed by atoms with Crippen LogP contribution in [0.2, 0.25) is 0 Å². The molecule has 0 aromatic carbocycles. The molecule has 398 valence electrons. The van der Waals surface area contributed by atoms with Gasteiger partial charge in [0.2, 0.25) is 0 Å². The van der Waals surface area contributed by atoms with E-state index in [0.29, 0.717) is 19.3 Å². The standard InChI is InChI=1S/C63H110O6/c1-4-7-10-13-16-19-22-25-26-27-28-29-30-31-32-33-34-35-36-39-41-44-47-50-53-56-62(65)68-59-60(69-63(66)57-54-51-48-45-42-38-24-21-18-15-12-9-6-3)58-67-61(64)55-52-49-46-43-40-37-23-20-17-14-11-8-5-2/h9,12,18,20-23,25,27-28,38,42,60H,4-8,10-11,13-17,19,24,26,29-37,39-41,43-59H2,1-3H3/b12-9-,21-18-,23-20-,25-22-,28-27-,42-38-. The van der Waals surface area contributed by atoms with Crippen LogP contribution in [0, 0.1) is 0 Å². The molecule has 0 bridgehead atoms. The lowest BCUT2D eigenvalue weighted by Crippen LogP contribution is -2.30. The molecule has 0 aromatic rings. The van der Waals surface area contributed by atoms with Gasteiger partial charge in [-0.15, -0.1) is 0 Å². The van der Waals surface area contributed by atoms with Gasteiger partial charge in [-0.1, -0.05) is 235 Å². The van der Waals surface area contributed by atoms with Crippen molar-refractivity contribution < 1.29 is 28.6 Å². The predicted molar refractivity (Wildman–Crippen MR) is 298 cm³/mol. The van der Waals surface area contributed by atoms with Gasteiger partial charge in [0.15, 0.2) is 6.10 Å². The Morgan fingerprint density at radius 3 is 0.928 bits per heavy atom. The second-order valence-electron chi connectivity index (χ2n) is 19.5. The van der Waals surface area contributed by atoms with Crippen LogP contribution in [0.4, 0.5) is 0 Å². The van der Waals surface area contributed by atoms with Crippen molar-refractivity contribution in [3.8, 4) is 0 Å². The van der Waals surface area contributed by atoms with E-state index in [2.05, 4.69) is 93.7 Å². The highest BCUT2D eigenvalue weighted by Crippen LogP contribution is 2.16. The zero-order valence-electron chi connectivity index (χ0n) is 45.6. The van der Waals surface area contributed by atoms with Gasteiger partial charge in [-0.2, -0.15) is 0 Å². The number of unbranched alkanes of at least 4 members (excludes halogenated alkanes) is 30. The first-order chi connectivity index (χ1) is 34.0. The lowest BCUT2D eigenvalue weighted by atomic mass is 10.0. The smallest absolute Gasteiger partial charge is 0.306 e. The molecule has 0 amide bonds. The third-order valence-corrected chi connectivity index (χ3v) is 12.7. The van der Waals surface area contributed by atoms with Gasteiger partial charge in [-0.3, -0.25) is 14.4 Å². The number of carbonyl (C=O) groups excluding carboxylic acids is 3. The van der Waals surface area contributed by atoms with Crippen molar-refractivity contribution in [3.05, 3.63) is 72.9 Å². The quantitative estimate of drug-likeness (QED) is 0.0262. The summed E-state index contributed by atoms with van der Waals surface area (Å²) in [6.07, 6.45) is 73.4. The van der Waals surface area contributed by atoms with Crippen LogP contribution in [0.1, 0.15) is 290 Å². The molecule has 69 heavy (non-hydrogen) atoms. The van der Waals surface area contributed by atoms with E-state index in [1.54, 1.807) is 0 Å². The minimum absolute atomic E-state index is 0.0893. The van der Waals surface area contributed by atoms with Crippen molar-refractivity contribution in [2.75, 3.05) is 13.2 Å². The minimum Gasteiger partial charge on any atom is -0.462 e. The number of ether oxygens (including phenoxy) is 3. The summed E-state index contributed by atoms with van der Waals surface area (Å²) in [6, 6.07) is 0. The van der Waals surface area contributed by atoms with Gasteiger partial charge in [0.25, 0.3) is 0 Å². The molecular weight excluding hydrogens is 853 g/mol. The third kappa shape index (κ3) is 55.6. The van der Waals surface area contributed by atoms with Crippen molar-refractivity contribution in [2.24, 2.45) is 0 Å². The Hall–Kier alpha value is -3.15. The summed E-state index contributed by atoms with van der Waals surface area (Å²) >= 11 is 0. The van der Waals surface area contributed by atoms with Crippen molar-refractivity contribution in [2.45, 2.75) is 297 Å². The average molecular weight is 964 g/mol. The van der Waals surface area contributed by atoms with E-state index >= 15 is 0 Å². The van der Waals surface area contributed by atoms with Crippen LogP contribution in [0.5, 0.6) is 0 Å². The number of rotatable bonds is 53. The summed E-state index contributed by atoms with van der Waals surface area (Å²) in [5.74, 6) is -0.922. The summed E-state index contributed by atoms with van der Waals surface area (Å²) < 4.78 is 16.8. The van der Waals surface area contributed by atoms with Crippen molar-refractivity contribution in [1.82, 2.24) is 0 Å². The largest absolute Gasteiger partial charge is 0.462 e. The molecule has 0 aliphatic rings. The fourth-order valence-corrected chi connectivity index (χ4v) is 8.25. The van der Waals surface area contributed by atoms with Crippen LogP contribution in [0.15, 0.2) is 72.9 Å². The highest BCUT2D eigenvalue weighted by molar-refractivity contribution is 5.71. The van der Waals surface area contributed by atoms with Gasteiger partial charge >= 0.3 is 17.9 Å². The Kier molecular flexibility index (Phi) is 54.8. The van der Waals surface area contributed by atoms with Crippen LogP contribution >= 0.6 is 0 Å². The SMILES string of the molecule is CC/C=C\C/C=C\C/C=C\CCCCCC(=O)OC(COC(=O)CCCCCCC/C=C\CCCCCC)COC(=O)CCCCCCCCCCCCCCC/C=C\C/C=C\CCCCCCC. The summed E-state index contributed by atoms with van der Waals surface area (Å²) in [7, 11) is 0. The number of hydrogen-bond donors (Lipinski definition) is 0. The molecular formula is C63H110O6. The molecule has 0 aliphatic carbocycles. The zero-order valence-corrected chi connectivity index (χ0v) is 45.6. The zero-order chi connectivity index (χ0) is 50.0. The summed E-state index contributed by atoms with van der Waals surface area (Å²) in [5, 5.41) is 0. The van der Waals surface area contributed by atoms with Crippen LogP contribution in [0.3, 0.4) is 0 Å². The van der Waals surface area contributed by atoms with E-state index in [-0.39, 0.29) is 31.1 Å². The molecule has 0 aromatic heterocycles. The van der Waals surface area contributed by atoms with Gasteiger partial charge in [-0.05, 0) is 109 Å². The molecule has 0 N–H and O–H groups in total. The summed E-state index contributed by atoms with van der Waals surface area (Å²) in [4.78, 5) is 38.1. The molecule has 1 unspecified atom stereocenters. The molecule has 0 rings (SSSR count). The first-order valence-corrected chi connectivity index (χ1v) is 29.4. The van der Waals surface area contributed by atoms with E-state index in [9.17, 15) is 14.4 Å². The van der Waals surface area contributed by atoms with Crippen molar-refractivity contribution >= 4 is 17.9 Å². The first kappa shape index (κ1) is 65.8. The van der Waals surface area contributed by atoms with Crippen LogP contribution < -0.4 is 0 Å². The van der Waals surface area contributed by atoms with E-state index in [0.717, 1.165) is 96.3 Å². The maximum Gasteiger partial charge on any atom is 0.306 e. The molecule has 6 heteroatoms. The van der Waals surface area contributed by atoms with Gasteiger partial charge in [0, 0.05) is 19.3 Å². The Morgan fingerprint density at radius 2 is 0.565 bits per heavy atom. The van der Waals surface area contributed by atoms with Gasteiger partial charge < -0.3 is 14.2 Å². The highest BCUT2D eigenvalue weighted by atomic mass is 16.6. The normalized spacial score (nSPS) is 12.6. The Bertz CT molecular complexity index is 1290. The van der Waals surface area contributed by atoms with E-state index in [1.165, 1.54) is 154 Å². The molecule has 1 atom stereocenters. The minimum atomic E-state index is -0.793. The van der Waals surface area contributed by atoms with Crippen molar-refractivity contribution in [3.63, 3.8) is 0 Å². The highest BCUT2D eigenvalue weighted by Gasteiger charge is 2.19. The maximum absolute atomic E-state index is 12.8. The van der Waals surface area contributed by atoms with Crippen LogP contribution in [-0.2, 0) is 28.6 Å². The van der Waals surface area contributed by atoms with Crippen LogP contribution in [-0.4, -0.2) is 37.2 Å². The molecule has 0 fully saturated rings. The fraction of sp³-hybridized carbons (Fsp3) is 0.762. The number of esters is 3. The second kappa shape index (κ2) is 57.4. The second-order valence-corrected chi connectivity index (χ2v) is 19.5. The monoisotopic (exact) mass is 963 g/mol. The fourth-order valence-electron chi connectivity index (χ4n) is 8.25. The third-order valence-electron chi connectivity index (χ3n) is 12.7. The Balaban J connectivity index is 4.27. The lowest BCUT2D eigenvalue weighted by molar-refractivity contribution is -0.167. The van der Waals surface area contributed by atoms with Gasteiger partial charge in [0.05, 0.1) is 0 Å². The Labute approximate surface area is 427 Å². The number of hydrogen-bond acceptors (Lipinski definition) is 6. The molecule has 0 spiro atoms. The van der Waals surface area contributed by atoms with Gasteiger partial charge in [-0.25, -0.2) is 0 Å². The summed E-state index contributed by atoms with van der Waals surface area (Å²) in [6.45, 7) is 6.48. The van der Waals surface area contributed by atoms with E-state index < -0.39 is 6.10 Å². The topological polar surface area (TPSA) is 78.9 Å². The number of allylic oxidation sites excluding steroid dienone is 12. The Morgan fingerprint density at radius 1 is 0.304 bits per heavy atom. The molecule has 0 saturated heterocycles. The molecule has 6 nitrogen and oxygen atoms in total. The predicted octanol–water partition coefficient (Wildman–Crippen LogP) is 19.8. The van der Waals surface area contributed by atoms with Crippen LogP contribution in [0.25, 0.3) is 0 Å². The average Bonchev–Trinajstić information content (AvgIpc) is 3.35. The van der Waals surface area contributed by atoms with Crippen molar-refractivity contribution in [1.29, 1.82) is 0 Å².